The van der Waals surface area contributed by atoms with E-state index in [9.17, 15) is 9.90 Å². The van der Waals surface area contributed by atoms with Gasteiger partial charge in [-0.1, -0.05) is 42.5 Å². The van der Waals surface area contributed by atoms with E-state index in [1.165, 1.54) is 16.5 Å². The van der Waals surface area contributed by atoms with Crippen molar-refractivity contribution < 1.29 is 14.6 Å². The lowest BCUT2D eigenvalue weighted by Gasteiger charge is -2.25. The van der Waals surface area contributed by atoms with Crippen LogP contribution in [0.4, 0.5) is 5.69 Å². The van der Waals surface area contributed by atoms with Gasteiger partial charge in [0, 0.05) is 16.5 Å². The maximum absolute atomic E-state index is 13.7. The number of nitrogens with zero attached hydrogens (tertiary/aromatic N) is 1. The smallest absolute Gasteiger partial charge is 0.258 e. The number of hydrogen-bond acceptors (Lipinski definition) is 3. The summed E-state index contributed by atoms with van der Waals surface area (Å²) in [7, 11) is 1.61. The lowest BCUT2D eigenvalue weighted by molar-refractivity contribution is 0.0985. The molecule has 31 heavy (non-hydrogen) atoms. The largest absolute Gasteiger partial charge is 0.508 e. The minimum Gasteiger partial charge on any atom is -0.508 e. The number of amides is 1. The van der Waals surface area contributed by atoms with Crippen molar-refractivity contribution >= 4 is 22.4 Å². The molecule has 1 amide bonds. The molecule has 0 saturated heterocycles. The highest BCUT2D eigenvalue weighted by Gasteiger charge is 2.24. The average molecular weight is 409 g/mol. The van der Waals surface area contributed by atoms with Crippen LogP contribution in [0.15, 0.2) is 78.9 Å². The van der Waals surface area contributed by atoms with Gasteiger partial charge in [0.05, 0.1) is 19.3 Å². The van der Waals surface area contributed by atoms with E-state index < -0.39 is 0 Å². The zero-order valence-corrected chi connectivity index (χ0v) is 17.3. The molecule has 0 aromatic heterocycles. The lowest BCUT2D eigenvalue weighted by atomic mass is 10.0. The number of methoxy groups -OCH3 is 1. The summed E-state index contributed by atoms with van der Waals surface area (Å²) in [6.45, 7) is 0.274. The van der Waals surface area contributed by atoms with E-state index in [-0.39, 0.29) is 18.2 Å². The molecular weight excluding hydrogens is 386 g/mol. The van der Waals surface area contributed by atoms with E-state index in [0.717, 1.165) is 23.9 Å². The highest BCUT2D eigenvalue weighted by molar-refractivity contribution is 6.12. The van der Waals surface area contributed by atoms with E-state index in [0.29, 0.717) is 16.9 Å². The minimum absolute atomic E-state index is 0.121. The number of carbonyl (C=O) groups excluding carboxylic acids is 1. The van der Waals surface area contributed by atoms with Crippen LogP contribution < -0.4 is 9.64 Å². The zero-order valence-electron chi connectivity index (χ0n) is 17.3. The van der Waals surface area contributed by atoms with Crippen molar-refractivity contribution in [3.05, 3.63) is 101 Å². The number of anilines is 1. The van der Waals surface area contributed by atoms with Gasteiger partial charge in [-0.2, -0.15) is 0 Å². The first kappa shape index (κ1) is 19.2. The Morgan fingerprint density at radius 2 is 1.65 bits per heavy atom. The molecule has 154 valence electrons. The standard InChI is InChI=1S/C27H23NO3/c1-31-22-14-11-20(12-15-22)27(30)28(17-21-5-2-3-8-25(21)29)24-16-13-19-10-9-18-6-4-7-23(24)26(18)19/h2-8,11-16,29H,9-10,17H2,1H3. The molecule has 4 aromatic rings. The normalized spacial score (nSPS) is 12.2. The fourth-order valence-corrected chi connectivity index (χ4v) is 4.44. The first-order chi connectivity index (χ1) is 15.2. The predicted octanol–water partition coefficient (Wildman–Crippen LogP) is 5.50. The number of carbonyl (C=O) groups is 1. The molecule has 0 radical (unpaired) electrons. The second kappa shape index (κ2) is 7.80. The van der Waals surface area contributed by atoms with Crippen molar-refractivity contribution in [1.29, 1.82) is 0 Å². The van der Waals surface area contributed by atoms with Crippen molar-refractivity contribution in [2.45, 2.75) is 19.4 Å². The molecular formula is C27H23NO3. The van der Waals surface area contributed by atoms with E-state index in [1.54, 1.807) is 48.4 Å². The van der Waals surface area contributed by atoms with Crippen LogP contribution in [0.3, 0.4) is 0 Å². The summed E-state index contributed by atoms with van der Waals surface area (Å²) in [5, 5.41) is 12.7. The molecule has 0 bridgehead atoms. The second-order valence-electron chi connectivity index (χ2n) is 7.83. The zero-order chi connectivity index (χ0) is 21.4. The minimum atomic E-state index is -0.121. The Hall–Kier alpha value is -3.79. The van der Waals surface area contributed by atoms with Crippen LogP contribution in [0.5, 0.6) is 11.5 Å². The molecule has 1 N–H and O–H groups in total. The predicted molar refractivity (Wildman–Crippen MR) is 123 cm³/mol. The van der Waals surface area contributed by atoms with Gasteiger partial charge in [-0.25, -0.2) is 0 Å². The van der Waals surface area contributed by atoms with Crippen molar-refractivity contribution in [1.82, 2.24) is 0 Å². The molecule has 5 rings (SSSR count). The highest BCUT2D eigenvalue weighted by atomic mass is 16.5. The summed E-state index contributed by atoms with van der Waals surface area (Å²) in [5.74, 6) is 0.764. The van der Waals surface area contributed by atoms with Crippen LogP contribution in [0.25, 0.3) is 10.8 Å². The number of aryl methyl sites for hydroxylation is 2. The molecule has 4 aromatic carbocycles. The molecule has 0 fully saturated rings. The Morgan fingerprint density at radius 3 is 2.39 bits per heavy atom. The van der Waals surface area contributed by atoms with Crippen LogP contribution >= 0.6 is 0 Å². The first-order valence-electron chi connectivity index (χ1n) is 10.4. The molecule has 1 aliphatic carbocycles. The number of aromatic hydroxyl groups is 1. The number of hydrogen-bond donors (Lipinski definition) is 1. The van der Waals surface area contributed by atoms with Gasteiger partial charge in [0.15, 0.2) is 0 Å². The molecule has 0 aliphatic heterocycles. The Bertz CT molecular complexity index is 1270. The summed E-state index contributed by atoms with van der Waals surface area (Å²) in [6, 6.07) is 24.8. The van der Waals surface area contributed by atoms with Gasteiger partial charge in [0.25, 0.3) is 5.91 Å². The van der Waals surface area contributed by atoms with Gasteiger partial charge in [-0.3, -0.25) is 4.79 Å². The number of phenolic OH excluding ortho intramolecular Hbond substituents is 1. The van der Waals surface area contributed by atoms with Gasteiger partial charge in [0.2, 0.25) is 0 Å². The quantitative estimate of drug-likeness (QED) is 0.474. The first-order valence-corrected chi connectivity index (χ1v) is 10.4. The van der Waals surface area contributed by atoms with Crippen LogP contribution in [-0.2, 0) is 19.4 Å². The van der Waals surface area contributed by atoms with Crippen molar-refractivity contribution in [3.8, 4) is 11.5 Å². The summed E-state index contributed by atoms with van der Waals surface area (Å²) < 4.78 is 5.24. The van der Waals surface area contributed by atoms with Crippen LogP contribution in [0, 0.1) is 0 Å². The van der Waals surface area contributed by atoms with Crippen LogP contribution in [0.1, 0.15) is 27.0 Å². The maximum atomic E-state index is 13.7. The summed E-state index contributed by atoms with van der Waals surface area (Å²) in [6.07, 6.45) is 2.06. The summed E-state index contributed by atoms with van der Waals surface area (Å²) in [4.78, 5) is 15.5. The molecule has 0 heterocycles. The number of rotatable bonds is 5. The van der Waals surface area contributed by atoms with Crippen molar-refractivity contribution in [2.24, 2.45) is 0 Å². The maximum Gasteiger partial charge on any atom is 0.258 e. The third-order valence-corrected chi connectivity index (χ3v) is 6.05. The average Bonchev–Trinajstić information content (AvgIpc) is 3.24. The Kier molecular flexibility index (Phi) is 4.83. The van der Waals surface area contributed by atoms with Crippen molar-refractivity contribution in [2.75, 3.05) is 12.0 Å². The van der Waals surface area contributed by atoms with Crippen LogP contribution in [-0.4, -0.2) is 18.1 Å². The highest BCUT2D eigenvalue weighted by Crippen LogP contribution is 2.38. The molecule has 0 spiro atoms. The monoisotopic (exact) mass is 409 g/mol. The number of benzene rings is 4. The van der Waals surface area contributed by atoms with Gasteiger partial charge < -0.3 is 14.7 Å². The Balaban J connectivity index is 1.65. The summed E-state index contributed by atoms with van der Waals surface area (Å²) >= 11 is 0. The SMILES string of the molecule is COc1ccc(C(=O)N(Cc2ccccc2O)c2ccc3c4c(cccc24)CC3)cc1. The lowest BCUT2D eigenvalue weighted by Crippen LogP contribution is -2.30. The van der Waals surface area contributed by atoms with E-state index in [4.69, 9.17) is 4.74 Å². The molecule has 1 aliphatic rings. The molecule has 0 atom stereocenters. The van der Waals surface area contributed by atoms with E-state index >= 15 is 0 Å². The number of para-hydroxylation sites is 1. The Morgan fingerprint density at radius 1 is 0.903 bits per heavy atom. The Labute approximate surface area is 181 Å². The van der Waals surface area contributed by atoms with Gasteiger partial charge in [-0.05, 0) is 65.8 Å². The fraction of sp³-hybridized carbons (Fsp3) is 0.148. The third-order valence-electron chi connectivity index (χ3n) is 6.05. The summed E-state index contributed by atoms with van der Waals surface area (Å²) in [5.41, 5.74) is 4.78. The van der Waals surface area contributed by atoms with Crippen LogP contribution in [0.2, 0.25) is 0 Å². The third kappa shape index (κ3) is 3.40. The molecule has 0 unspecified atom stereocenters. The van der Waals surface area contributed by atoms with Gasteiger partial charge in [-0.15, -0.1) is 0 Å². The van der Waals surface area contributed by atoms with E-state index in [2.05, 4.69) is 24.3 Å². The number of ether oxygens (including phenoxy) is 1. The van der Waals surface area contributed by atoms with Gasteiger partial charge in [0.1, 0.15) is 11.5 Å². The molecule has 4 heteroatoms. The fourth-order valence-electron chi connectivity index (χ4n) is 4.44. The van der Waals surface area contributed by atoms with E-state index in [1.807, 2.05) is 18.2 Å². The van der Waals surface area contributed by atoms with Gasteiger partial charge >= 0.3 is 0 Å². The number of phenols is 1. The van der Waals surface area contributed by atoms with Crippen molar-refractivity contribution in [3.63, 3.8) is 0 Å². The second-order valence-corrected chi connectivity index (χ2v) is 7.83. The molecule has 4 nitrogen and oxygen atoms in total. The topological polar surface area (TPSA) is 49.8 Å². The molecule has 0 saturated carbocycles.